The van der Waals surface area contributed by atoms with E-state index in [4.69, 9.17) is 0 Å². The van der Waals surface area contributed by atoms with Crippen LogP contribution in [0.4, 0.5) is 18.9 Å². The molecule has 1 aliphatic heterocycles. The van der Waals surface area contributed by atoms with E-state index in [1.54, 1.807) is 19.1 Å². The van der Waals surface area contributed by atoms with E-state index in [0.29, 0.717) is 0 Å². The van der Waals surface area contributed by atoms with Crippen LogP contribution in [0.25, 0.3) is 0 Å². The highest BCUT2D eigenvalue weighted by Crippen LogP contribution is 2.46. The standard InChI is InChI=1S/C16H14F3NO2S/c1-11-6-8-12(9-7-11)23(21,22)20-10-14(16(17,18)19)13-4-2-3-5-15(13)20/h2-9,14H,10H2,1H3. The maximum Gasteiger partial charge on any atom is 0.397 e. The number of hydrogen-bond donors (Lipinski definition) is 0. The van der Waals surface area contributed by atoms with Crippen molar-refractivity contribution in [1.29, 1.82) is 0 Å². The molecule has 3 nitrogen and oxygen atoms in total. The summed E-state index contributed by atoms with van der Waals surface area (Å²) >= 11 is 0. The van der Waals surface area contributed by atoms with Gasteiger partial charge in [-0.15, -0.1) is 0 Å². The molecule has 0 spiro atoms. The van der Waals surface area contributed by atoms with E-state index >= 15 is 0 Å². The van der Waals surface area contributed by atoms with Crippen molar-refractivity contribution in [3.8, 4) is 0 Å². The van der Waals surface area contributed by atoms with Crippen molar-refractivity contribution in [2.45, 2.75) is 23.9 Å². The minimum absolute atomic E-state index is 0.00399. The quantitative estimate of drug-likeness (QED) is 0.832. The Morgan fingerprint density at radius 3 is 2.26 bits per heavy atom. The molecule has 0 bridgehead atoms. The predicted molar refractivity (Wildman–Crippen MR) is 80.9 cm³/mol. The van der Waals surface area contributed by atoms with Gasteiger partial charge in [-0.3, -0.25) is 4.31 Å². The molecule has 1 aliphatic rings. The lowest BCUT2D eigenvalue weighted by Crippen LogP contribution is -2.33. The summed E-state index contributed by atoms with van der Waals surface area (Å²) in [5.41, 5.74) is 0.963. The number of fused-ring (bicyclic) bond motifs is 1. The van der Waals surface area contributed by atoms with Crippen LogP contribution in [-0.2, 0) is 10.0 Å². The van der Waals surface area contributed by atoms with Gasteiger partial charge in [0.2, 0.25) is 0 Å². The zero-order valence-electron chi connectivity index (χ0n) is 12.2. The van der Waals surface area contributed by atoms with Gasteiger partial charge in [-0.1, -0.05) is 35.9 Å². The number of benzene rings is 2. The molecule has 0 radical (unpaired) electrons. The molecular formula is C16H14F3NO2S. The molecule has 2 aromatic rings. The van der Waals surface area contributed by atoms with Gasteiger partial charge in [-0.25, -0.2) is 8.42 Å². The van der Waals surface area contributed by atoms with Gasteiger partial charge in [0, 0.05) is 0 Å². The molecule has 0 saturated heterocycles. The molecule has 1 atom stereocenters. The molecule has 0 aromatic heterocycles. The average molecular weight is 341 g/mol. The Labute approximate surface area is 132 Å². The van der Waals surface area contributed by atoms with Crippen molar-refractivity contribution < 1.29 is 21.6 Å². The van der Waals surface area contributed by atoms with Crippen LogP contribution >= 0.6 is 0 Å². The molecule has 7 heteroatoms. The summed E-state index contributed by atoms with van der Waals surface area (Å²) in [4.78, 5) is -0.0132. The van der Waals surface area contributed by atoms with Crippen LogP contribution in [0, 0.1) is 6.92 Å². The third kappa shape index (κ3) is 2.69. The SMILES string of the molecule is Cc1ccc(S(=O)(=O)N2CC(C(F)(F)F)c3ccccc32)cc1. The molecule has 0 aliphatic carbocycles. The van der Waals surface area contributed by atoms with Gasteiger partial charge in [0.15, 0.2) is 0 Å². The summed E-state index contributed by atoms with van der Waals surface area (Å²) in [7, 11) is -4.03. The van der Waals surface area contributed by atoms with E-state index in [1.165, 1.54) is 36.4 Å². The summed E-state index contributed by atoms with van der Waals surface area (Å²) < 4.78 is 66.0. The van der Waals surface area contributed by atoms with Crippen molar-refractivity contribution in [3.63, 3.8) is 0 Å². The maximum absolute atomic E-state index is 13.2. The van der Waals surface area contributed by atoms with E-state index in [9.17, 15) is 21.6 Å². The van der Waals surface area contributed by atoms with Crippen molar-refractivity contribution in [3.05, 3.63) is 59.7 Å². The third-order valence-electron chi connectivity index (χ3n) is 3.93. The van der Waals surface area contributed by atoms with E-state index in [-0.39, 0.29) is 16.1 Å². The number of sulfonamides is 1. The number of halogens is 3. The van der Waals surface area contributed by atoms with Gasteiger partial charge in [-0.2, -0.15) is 13.2 Å². The first-order valence-electron chi connectivity index (χ1n) is 6.96. The molecule has 0 amide bonds. The Kier molecular flexibility index (Phi) is 3.63. The van der Waals surface area contributed by atoms with Gasteiger partial charge < -0.3 is 0 Å². The van der Waals surface area contributed by atoms with Crippen LogP contribution in [0.1, 0.15) is 17.0 Å². The van der Waals surface area contributed by atoms with Crippen molar-refractivity contribution in [2.24, 2.45) is 0 Å². The first-order chi connectivity index (χ1) is 10.7. The molecule has 3 rings (SSSR count). The molecule has 1 heterocycles. The van der Waals surface area contributed by atoms with E-state index in [0.717, 1.165) is 9.87 Å². The second-order valence-corrected chi connectivity index (χ2v) is 7.36. The van der Waals surface area contributed by atoms with Crippen LogP contribution in [0.15, 0.2) is 53.4 Å². The van der Waals surface area contributed by atoms with Crippen molar-refractivity contribution in [2.75, 3.05) is 10.8 Å². The number of nitrogens with zero attached hydrogens (tertiary/aromatic N) is 1. The van der Waals surface area contributed by atoms with Crippen LogP contribution in [0.3, 0.4) is 0 Å². The number of aryl methyl sites for hydroxylation is 1. The topological polar surface area (TPSA) is 37.4 Å². The highest BCUT2D eigenvalue weighted by atomic mass is 32.2. The fourth-order valence-electron chi connectivity index (χ4n) is 2.72. The summed E-state index contributed by atoms with van der Waals surface area (Å²) in [5.74, 6) is -1.81. The molecule has 0 saturated carbocycles. The second-order valence-electron chi connectivity index (χ2n) is 5.50. The second kappa shape index (κ2) is 5.26. The van der Waals surface area contributed by atoms with Gasteiger partial charge >= 0.3 is 6.18 Å². The Hall–Kier alpha value is -2.02. The highest BCUT2D eigenvalue weighted by Gasteiger charge is 2.49. The summed E-state index contributed by atoms with van der Waals surface area (Å²) in [6.07, 6.45) is -4.49. The van der Waals surface area contributed by atoms with Crippen LogP contribution in [-0.4, -0.2) is 21.1 Å². The molecule has 1 unspecified atom stereocenters. The van der Waals surface area contributed by atoms with Crippen molar-refractivity contribution in [1.82, 2.24) is 0 Å². The van der Waals surface area contributed by atoms with Gasteiger partial charge in [0.25, 0.3) is 10.0 Å². The van der Waals surface area contributed by atoms with Crippen molar-refractivity contribution >= 4 is 15.7 Å². The number of hydrogen-bond acceptors (Lipinski definition) is 2. The normalized spacial score (nSPS) is 18.1. The Morgan fingerprint density at radius 2 is 1.65 bits per heavy atom. The summed E-state index contributed by atoms with van der Waals surface area (Å²) in [6.45, 7) is 1.18. The number of rotatable bonds is 2. The summed E-state index contributed by atoms with van der Waals surface area (Å²) in [5, 5.41) is 0. The molecule has 23 heavy (non-hydrogen) atoms. The molecule has 0 fully saturated rings. The first kappa shape index (κ1) is 15.9. The van der Waals surface area contributed by atoms with Crippen LogP contribution < -0.4 is 4.31 Å². The predicted octanol–water partition coefficient (Wildman–Crippen LogP) is 3.85. The lowest BCUT2D eigenvalue weighted by atomic mass is 10.0. The first-order valence-corrected chi connectivity index (χ1v) is 8.40. The Bertz CT molecular complexity index is 829. The maximum atomic E-state index is 13.2. The zero-order valence-corrected chi connectivity index (χ0v) is 13.0. The molecule has 2 aromatic carbocycles. The lowest BCUT2D eigenvalue weighted by molar-refractivity contribution is -0.146. The molecule has 122 valence electrons. The number of anilines is 1. The molecular weight excluding hydrogens is 327 g/mol. The summed E-state index contributed by atoms with van der Waals surface area (Å²) in [6, 6.07) is 11.8. The minimum Gasteiger partial charge on any atom is -0.265 e. The lowest BCUT2D eigenvalue weighted by Gasteiger charge is -2.20. The highest BCUT2D eigenvalue weighted by molar-refractivity contribution is 7.92. The monoisotopic (exact) mass is 341 g/mol. The van der Waals surface area contributed by atoms with Gasteiger partial charge in [0.1, 0.15) is 5.92 Å². The number of alkyl halides is 3. The van der Waals surface area contributed by atoms with E-state index in [1.807, 2.05) is 0 Å². The Morgan fingerprint density at radius 1 is 1.04 bits per heavy atom. The third-order valence-corrected chi connectivity index (χ3v) is 5.73. The van der Waals surface area contributed by atoms with Crippen LogP contribution in [0.5, 0.6) is 0 Å². The Balaban J connectivity index is 2.09. The average Bonchev–Trinajstić information content (AvgIpc) is 2.88. The van der Waals surface area contributed by atoms with Gasteiger partial charge in [-0.05, 0) is 30.7 Å². The smallest absolute Gasteiger partial charge is 0.265 e. The van der Waals surface area contributed by atoms with E-state index < -0.39 is 28.7 Å². The largest absolute Gasteiger partial charge is 0.397 e. The fourth-order valence-corrected chi connectivity index (χ4v) is 4.22. The minimum atomic E-state index is -4.49. The van der Waals surface area contributed by atoms with Crippen LogP contribution in [0.2, 0.25) is 0 Å². The number of para-hydroxylation sites is 1. The molecule has 0 N–H and O–H groups in total. The van der Waals surface area contributed by atoms with Gasteiger partial charge in [0.05, 0.1) is 17.1 Å². The fraction of sp³-hybridized carbons (Fsp3) is 0.250. The van der Waals surface area contributed by atoms with E-state index in [2.05, 4.69) is 0 Å². The zero-order chi connectivity index (χ0) is 16.8.